The summed E-state index contributed by atoms with van der Waals surface area (Å²) in [6.45, 7) is 2.28. The zero-order chi connectivity index (χ0) is 20.9. The van der Waals surface area contributed by atoms with Crippen LogP contribution in [0.25, 0.3) is 0 Å². The molecule has 0 radical (unpaired) electrons. The highest BCUT2D eigenvalue weighted by Gasteiger charge is 2.34. The molecule has 1 saturated carbocycles. The lowest BCUT2D eigenvalue weighted by Crippen LogP contribution is -2.28. The molecular weight excluding hydrogens is 374 g/mol. The summed E-state index contributed by atoms with van der Waals surface area (Å²) in [4.78, 5) is 0. The highest BCUT2D eigenvalue weighted by atomic mass is 19.2. The Morgan fingerprint density at radius 1 is 0.867 bits per heavy atom. The number of rotatable bonds is 5. The molecule has 2 aliphatic rings. The predicted octanol–water partition coefficient (Wildman–Crippen LogP) is 7.78. The molecule has 0 aliphatic heterocycles. The molecule has 0 spiro atoms. The standard InChI is InChI=1S/C28H32F2/c1-2-3-4-5-6-20-9-14-25-23(17-20)12-13-24-18-21(10-15-26(24)25)7-8-22-11-16-27(29)28(30)19-22/h10-11,15-16,18-20,23,25H,2-6,9,12-14,17H2,1H3. The first-order valence-electron chi connectivity index (χ1n) is 11.7. The van der Waals surface area contributed by atoms with E-state index in [1.807, 2.05) is 0 Å². The Balaban J connectivity index is 1.41. The smallest absolute Gasteiger partial charge is 0.160 e. The fraction of sp³-hybridized carbons (Fsp3) is 0.500. The van der Waals surface area contributed by atoms with Crippen LogP contribution in [0, 0.1) is 35.3 Å². The Bertz CT molecular complexity index is 933. The zero-order valence-electron chi connectivity index (χ0n) is 18.0. The molecule has 2 aromatic carbocycles. The molecule has 2 aliphatic carbocycles. The number of fused-ring (bicyclic) bond motifs is 3. The van der Waals surface area contributed by atoms with E-state index >= 15 is 0 Å². The van der Waals surface area contributed by atoms with Crippen LogP contribution in [0.5, 0.6) is 0 Å². The molecule has 0 aromatic heterocycles. The van der Waals surface area contributed by atoms with Crippen LogP contribution in [-0.4, -0.2) is 0 Å². The largest absolute Gasteiger partial charge is 0.204 e. The molecule has 158 valence electrons. The average molecular weight is 407 g/mol. The normalized spacial score (nSPS) is 22.6. The van der Waals surface area contributed by atoms with Crippen LogP contribution in [-0.2, 0) is 6.42 Å². The van der Waals surface area contributed by atoms with Crippen molar-refractivity contribution in [2.75, 3.05) is 0 Å². The Morgan fingerprint density at radius 2 is 1.67 bits per heavy atom. The van der Waals surface area contributed by atoms with Crippen molar-refractivity contribution in [2.45, 2.75) is 77.0 Å². The van der Waals surface area contributed by atoms with Gasteiger partial charge in [-0.1, -0.05) is 56.9 Å². The summed E-state index contributed by atoms with van der Waals surface area (Å²) in [5.41, 5.74) is 4.44. The first-order chi connectivity index (χ1) is 14.6. The van der Waals surface area contributed by atoms with Gasteiger partial charge in [-0.2, -0.15) is 0 Å². The molecule has 3 unspecified atom stereocenters. The summed E-state index contributed by atoms with van der Waals surface area (Å²) in [7, 11) is 0. The van der Waals surface area contributed by atoms with Gasteiger partial charge < -0.3 is 0 Å². The van der Waals surface area contributed by atoms with E-state index in [-0.39, 0.29) is 0 Å². The van der Waals surface area contributed by atoms with Crippen LogP contribution in [0.1, 0.15) is 92.9 Å². The highest BCUT2D eigenvalue weighted by molar-refractivity contribution is 5.47. The maximum Gasteiger partial charge on any atom is 0.160 e. The average Bonchev–Trinajstić information content (AvgIpc) is 2.77. The Labute approximate surface area is 180 Å². The lowest BCUT2D eigenvalue weighted by molar-refractivity contribution is 0.199. The van der Waals surface area contributed by atoms with Crippen molar-refractivity contribution < 1.29 is 8.78 Å². The van der Waals surface area contributed by atoms with E-state index in [2.05, 4.69) is 37.0 Å². The third-order valence-corrected chi connectivity index (χ3v) is 7.15. The van der Waals surface area contributed by atoms with Gasteiger partial charge >= 0.3 is 0 Å². The van der Waals surface area contributed by atoms with E-state index in [0.29, 0.717) is 11.5 Å². The van der Waals surface area contributed by atoms with Gasteiger partial charge in [0.05, 0.1) is 0 Å². The van der Waals surface area contributed by atoms with Crippen LogP contribution in [0.2, 0.25) is 0 Å². The molecule has 0 amide bonds. The second kappa shape index (κ2) is 9.78. The molecule has 2 aromatic rings. The first kappa shape index (κ1) is 21.1. The maximum absolute atomic E-state index is 13.4. The van der Waals surface area contributed by atoms with Gasteiger partial charge in [-0.05, 0) is 91.3 Å². The fourth-order valence-electron chi connectivity index (χ4n) is 5.53. The van der Waals surface area contributed by atoms with Gasteiger partial charge in [-0.25, -0.2) is 8.78 Å². The molecule has 0 bridgehead atoms. The van der Waals surface area contributed by atoms with Crippen molar-refractivity contribution in [3.8, 4) is 11.8 Å². The number of unbranched alkanes of at least 4 members (excludes halogenated alkanes) is 3. The SMILES string of the molecule is CCCCCCC1CCC2c3ccc(C#Cc4ccc(F)c(F)c4)cc3CCC2C1. The Morgan fingerprint density at radius 3 is 2.47 bits per heavy atom. The number of benzene rings is 2. The van der Waals surface area contributed by atoms with E-state index in [1.165, 1.54) is 75.0 Å². The third-order valence-electron chi connectivity index (χ3n) is 7.15. The molecule has 0 saturated heterocycles. The maximum atomic E-state index is 13.4. The second-order valence-electron chi connectivity index (χ2n) is 9.23. The minimum Gasteiger partial charge on any atom is -0.204 e. The van der Waals surface area contributed by atoms with Crippen LogP contribution in [0.3, 0.4) is 0 Å². The molecule has 0 heterocycles. The zero-order valence-corrected chi connectivity index (χ0v) is 18.0. The minimum atomic E-state index is -0.848. The van der Waals surface area contributed by atoms with Gasteiger partial charge in [0.25, 0.3) is 0 Å². The number of hydrogen-bond acceptors (Lipinski definition) is 0. The number of hydrogen-bond donors (Lipinski definition) is 0. The van der Waals surface area contributed by atoms with Crippen molar-refractivity contribution in [1.29, 1.82) is 0 Å². The summed E-state index contributed by atoms with van der Waals surface area (Å²) in [5, 5.41) is 0. The molecule has 1 fully saturated rings. The molecule has 0 nitrogen and oxygen atoms in total. The predicted molar refractivity (Wildman–Crippen MR) is 119 cm³/mol. The van der Waals surface area contributed by atoms with Gasteiger partial charge in [0.15, 0.2) is 11.6 Å². The van der Waals surface area contributed by atoms with Crippen molar-refractivity contribution in [2.24, 2.45) is 11.8 Å². The van der Waals surface area contributed by atoms with E-state index in [1.54, 1.807) is 0 Å². The topological polar surface area (TPSA) is 0 Å². The van der Waals surface area contributed by atoms with E-state index in [0.717, 1.165) is 36.0 Å². The molecule has 4 rings (SSSR count). The van der Waals surface area contributed by atoms with Crippen LogP contribution in [0.4, 0.5) is 8.78 Å². The summed E-state index contributed by atoms with van der Waals surface area (Å²) >= 11 is 0. The third kappa shape index (κ3) is 4.94. The Hall–Kier alpha value is -2.14. The fourth-order valence-corrected chi connectivity index (χ4v) is 5.53. The van der Waals surface area contributed by atoms with Gasteiger partial charge in [0.1, 0.15) is 0 Å². The second-order valence-corrected chi connectivity index (χ2v) is 9.23. The summed E-state index contributed by atoms with van der Waals surface area (Å²) in [5.74, 6) is 6.92. The lowest BCUT2D eigenvalue weighted by Gasteiger charge is -2.40. The highest BCUT2D eigenvalue weighted by Crippen LogP contribution is 2.48. The number of halogens is 2. The summed E-state index contributed by atoms with van der Waals surface area (Å²) in [6.07, 6.45) is 13.5. The minimum absolute atomic E-state index is 0.504. The molecule has 30 heavy (non-hydrogen) atoms. The van der Waals surface area contributed by atoms with Crippen LogP contribution < -0.4 is 0 Å². The van der Waals surface area contributed by atoms with Crippen molar-refractivity contribution in [1.82, 2.24) is 0 Å². The lowest BCUT2D eigenvalue weighted by atomic mass is 9.64. The van der Waals surface area contributed by atoms with Crippen molar-refractivity contribution in [3.05, 3.63) is 70.3 Å². The van der Waals surface area contributed by atoms with E-state index in [9.17, 15) is 8.78 Å². The van der Waals surface area contributed by atoms with Crippen LogP contribution in [0.15, 0.2) is 36.4 Å². The monoisotopic (exact) mass is 406 g/mol. The van der Waals surface area contributed by atoms with E-state index < -0.39 is 11.6 Å². The molecule has 2 heteroatoms. The number of aryl methyl sites for hydroxylation is 1. The first-order valence-corrected chi connectivity index (χ1v) is 11.7. The van der Waals surface area contributed by atoms with Gasteiger partial charge in [0, 0.05) is 11.1 Å². The van der Waals surface area contributed by atoms with Crippen LogP contribution >= 0.6 is 0 Å². The van der Waals surface area contributed by atoms with Gasteiger partial charge in [-0.3, -0.25) is 0 Å². The van der Waals surface area contributed by atoms with Crippen molar-refractivity contribution >= 4 is 0 Å². The van der Waals surface area contributed by atoms with Crippen molar-refractivity contribution in [3.63, 3.8) is 0 Å². The quantitative estimate of drug-likeness (QED) is 0.351. The summed E-state index contributed by atoms with van der Waals surface area (Å²) in [6, 6.07) is 10.4. The molecule has 3 atom stereocenters. The van der Waals surface area contributed by atoms with Gasteiger partial charge in [-0.15, -0.1) is 0 Å². The molecular formula is C28H32F2. The van der Waals surface area contributed by atoms with Gasteiger partial charge in [0.2, 0.25) is 0 Å². The summed E-state index contributed by atoms with van der Waals surface area (Å²) < 4.78 is 26.5. The van der Waals surface area contributed by atoms with E-state index in [4.69, 9.17) is 0 Å². The Kier molecular flexibility index (Phi) is 6.88. The molecule has 0 N–H and O–H groups in total.